The molecule has 0 unspecified atom stereocenters. The smallest absolute Gasteiger partial charge is 0.209 e. The van der Waals surface area contributed by atoms with Gasteiger partial charge in [0.1, 0.15) is 0 Å². The Morgan fingerprint density at radius 1 is 1.35 bits per heavy atom. The van der Waals surface area contributed by atoms with E-state index < -0.39 is 0 Å². The molecule has 2 aromatic rings. The zero-order valence-corrected chi connectivity index (χ0v) is 14.2. The Morgan fingerprint density at radius 3 is 2.85 bits per heavy atom. The quantitative estimate of drug-likeness (QED) is 0.754. The van der Waals surface area contributed by atoms with Gasteiger partial charge in [-0.1, -0.05) is 11.8 Å². The normalized spacial score (nSPS) is 11.2. The number of hydrogen-bond donors (Lipinski definition) is 1. The molecule has 0 atom stereocenters. The summed E-state index contributed by atoms with van der Waals surface area (Å²) in [5.74, 6) is 0.787. The van der Waals surface area contributed by atoms with Crippen molar-refractivity contribution in [3.05, 3.63) is 15.9 Å². The average Bonchev–Trinajstić information content (AvgIpc) is 3.00. The number of aromatic nitrogens is 6. The predicted octanol–water partition coefficient (Wildman–Crippen LogP) is 1.47. The molecular formula is C11H18BrN7S. The molecule has 0 amide bonds. The first-order chi connectivity index (χ1) is 9.67. The third kappa shape index (κ3) is 3.39. The summed E-state index contributed by atoms with van der Waals surface area (Å²) in [7, 11) is 1.91. The maximum Gasteiger partial charge on any atom is 0.209 e. The van der Waals surface area contributed by atoms with E-state index in [4.69, 9.17) is 0 Å². The molecule has 0 radical (unpaired) electrons. The van der Waals surface area contributed by atoms with Gasteiger partial charge in [-0.25, -0.2) is 4.68 Å². The maximum atomic E-state index is 4.49. The Kier molecular flexibility index (Phi) is 5.55. The minimum atomic E-state index is 0.763. The summed E-state index contributed by atoms with van der Waals surface area (Å²) in [6, 6.07) is 0. The Hall–Kier alpha value is -0.930. The second-order valence-corrected chi connectivity index (χ2v) is 5.97. The minimum absolute atomic E-state index is 0.763. The molecular weight excluding hydrogens is 342 g/mol. The second kappa shape index (κ2) is 7.19. The van der Waals surface area contributed by atoms with Gasteiger partial charge in [-0.3, -0.25) is 4.68 Å². The summed E-state index contributed by atoms with van der Waals surface area (Å²) in [6.07, 6.45) is 0. The van der Waals surface area contributed by atoms with Crippen LogP contribution >= 0.6 is 27.7 Å². The van der Waals surface area contributed by atoms with Crippen LogP contribution in [0.15, 0.2) is 9.63 Å². The van der Waals surface area contributed by atoms with Gasteiger partial charge in [-0.15, -0.1) is 5.10 Å². The number of thioether (sulfide) groups is 1. The summed E-state index contributed by atoms with van der Waals surface area (Å²) in [6.45, 7) is 6.55. The highest BCUT2D eigenvalue weighted by Gasteiger charge is 2.14. The fraction of sp³-hybridized carbons (Fsp3) is 0.636. The van der Waals surface area contributed by atoms with E-state index >= 15 is 0 Å². The molecule has 0 spiro atoms. The van der Waals surface area contributed by atoms with Crippen LogP contribution in [-0.4, -0.2) is 43.6 Å². The van der Waals surface area contributed by atoms with Crippen LogP contribution in [0.1, 0.15) is 18.3 Å². The standard InChI is InChI=1S/C11H18BrN7S/c1-4-18-9(10(12)8(2)15-18)7-20-11-14-16-17-19(11)6-5-13-3/h13H,4-7H2,1-3H3. The molecule has 0 aliphatic rings. The zero-order valence-electron chi connectivity index (χ0n) is 11.8. The van der Waals surface area contributed by atoms with Crippen molar-refractivity contribution < 1.29 is 0 Å². The SMILES string of the molecule is CCn1nc(C)c(Br)c1CSc1nnnn1CCNC. The van der Waals surface area contributed by atoms with E-state index in [1.165, 1.54) is 0 Å². The van der Waals surface area contributed by atoms with Gasteiger partial charge in [-0.05, 0) is 47.3 Å². The molecule has 1 N–H and O–H groups in total. The summed E-state index contributed by atoms with van der Waals surface area (Å²) in [4.78, 5) is 0. The molecule has 0 saturated carbocycles. The summed E-state index contributed by atoms with van der Waals surface area (Å²) >= 11 is 5.22. The topological polar surface area (TPSA) is 73.5 Å². The summed E-state index contributed by atoms with van der Waals surface area (Å²) in [5.41, 5.74) is 2.18. The highest BCUT2D eigenvalue weighted by atomic mass is 79.9. The van der Waals surface area contributed by atoms with Crippen LogP contribution in [0.2, 0.25) is 0 Å². The van der Waals surface area contributed by atoms with Crippen LogP contribution in [-0.2, 0) is 18.8 Å². The monoisotopic (exact) mass is 359 g/mol. The Labute approximate surface area is 130 Å². The predicted molar refractivity (Wildman–Crippen MR) is 81.6 cm³/mol. The summed E-state index contributed by atoms with van der Waals surface area (Å²) < 4.78 is 4.89. The lowest BCUT2D eigenvalue weighted by atomic mass is 10.4. The molecule has 0 aliphatic carbocycles. The van der Waals surface area contributed by atoms with Crippen LogP contribution < -0.4 is 5.32 Å². The van der Waals surface area contributed by atoms with E-state index in [2.05, 4.69) is 48.8 Å². The van der Waals surface area contributed by atoms with Crippen molar-refractivity contribution in [2.75, 3.05) is 13.6 Å². The van der Waals surface area contributed by atoms with Gasteiger partial charge in [0.15, 0.2) is 0 Å². The van der Waals surface area contributed by atoms with Crippen LogP contribution in [0, 0.1) is 6.92 Å². The average molecular weight is 360 g/mol. The Balaban J connectivity index is 2.07. The third-order valence-electron chi connectivity index (χ3n) is 2.86. The lowest BCUT2D eigenvalue weighted by Crippen LogP contribution is -2.16. The van der Waals surface area contributed by atoms with Gasteiger partial charge < -0.3 is 5.32 Å². The van der Waals surface area contributed by atoms with Gasteiger partial charge in [-0.2, -0.15) is 5.10 Å². The van der Waals surface area contributed by atoms with E-state index in [9.17, 15) is 0 Å². The van der Waals surface area contributed by atoms with Crippen molar-refractivity contribution in [3.63, 3.8) is 0 Å². The first kappa shape index (κ1) is 15.5. The molecule has 110 valence electrons. The number of hydrogen-bond acceptors (Lipinski definition) is 6. The molecule has 0 bridgehead atoms. The molecule has 7 nitrogen and oxygen atoms in total. The summed E-state index contributed by atoms with van der Waals surface area (Å²) in [5, 5.41) is 20.2. The van der Waals surface area contributed by atoms with Crippen LogP contribution in [0.5, 0.6) is 0 Å². The Morgan fingerprint density at radius 2 is 2.15 bits per heavy atom. The molecule has 2 rings (SSSR count). The van der Waals surface area contributed by atoms with E-state index in [0.717, 1.165) is 46.4 Å². The van der Waals surface area contributed by atoms with E-state index in [0.29, 0.717) is 0 Å². The lowest BCUT2D eigenvalue weighted by molar-refractivity contribution is 0.529. The van der Waals surface area contributed by atoms with Gasteiger partial charge in [0.05, 0.1) is 22.4 Å². The van der Waals surface area contributed by atoms with Gasteiger partial charge >= 0.3 is 0 Å². The highest BCUT2D eigenvalue weighted by Crippen LogP contribution is 2.27. The molecule has 0 fully saturated rings. The first-order valence-corrected chi connectivity index (χ1v) is 8.20. The number of rotatable bonds is 7. The van der Waals surface area contributed by atoms with Crippen molar-refractivity contribution >= 4 is 27.7 Å². The van der Waals surface area contributed by atoms with Crippen molar-refractivity contribution in [2.24, 2.45) is 0 Å². The van der Waals surface area contributed by atoms with Crippen molar-refractivity contribution in [3.8, 4) is 0 Å². The molecule has 20 heavy (non-hydrogen) atoms. The fourth-order valence-corrected chi connectivity index (χ4v) is 3.34. The number of aryl methyl sites for hydroxylation is 2. The number of nitrogens with zero attached hydrogens (tertiary/aromatic N) is 6. The number of tetrazole rings is 1. The molecule has 0 saturated heterocycles. The molecule has 2 heterocycles. The fourth-order valence-electron chi connectivity index (χ4n) is 1.80. The number of nitrogens with one attached hydrogen (secondary N) is 1. The van der Waals surface area contributed by atoms with Gasteiger partial charge in [0.2, 0.25) is 5.16 Å². The minimum Gasteiger partial charge on any atom is -0.318 e. The number of halogens is 1. The van der Waals surface area contributed by atoms with Crippen LogP contribution in [0.3, 0.4) is 0 Å². The third-order valence-corrected chi connectivity index (χ3v) is 4.86. The molecule has 2 aromatic heterocycles. The molecule has 9 heteroatoms. The zero-order chi connectivity index (χ0) is 14.5. The highest BCUT2D eigenvalue weighted by molar-refractivity contribution is 9.10. The molecule has 0 aromatic carbocycles. The maximum absolute atomic E-state index is 4.49. The molecule has 0 aliphatic heterocycles. The lowest BCUT2D eigenvalue weighted by Gasteiger charge is -2.06. The van der Waals surface area contributed by atoms with E-state index in [1.54, 1.807) is 11.8 Å². The Bertz CT molecular complexity index is 565. The van der Waals surface area contributed by atoms with Crippen LogP contribution in [0.25, 0.3) is 0 Å². The van der Waals surface area contributed by atoms with Crippen molar-refractivity contribution in [1.29, 1.82) is 0 Å². The van der Waals surface area contributed by atoms with E-state index in [1.807, 2.05) is 23.3 Å². The van der Waals surface area contributed by atoms with Gasteiger partial charge in [0, 0.05) is 18.8 Å². The van der Waals surface area contributed by atoms with Crippen molar-refractivity contribution in [2.45, 2.75) is 37.8 Å². The first-order valence-electron chi connectivity index (χ1n) is 6.42. The second-order valence-electron chi connectivity index (χ2n) is 4.24. The van der Waals surface area contributed by atoms with E-state index in [-0.39, 0.29) is 0 Å². The largest absolute Gasteiger partial charge is 0.318 e. The van der Waals surface area contributed by atoms with Gasteiger partial charge in [0.25, 0.3) is 0 Å². The number of likely N-dealkylation sites (N-methyl/N-ethyl adjacent to an activating group) is 1. The van der Waals surface area contributed by atoms with Crippen LogP contribution in [0.4, 0.5) is 0 Å². The van der Waals surface area contributed by atoms with Crippen molar-refractivity contribution in [1.82, 2.24) is 35.3 Å².